The molecule has 0 saturated carbocycles. The van der Waals surface area contributed by atoms with Gasteiger partial charge in [-0.05, 0) is 6.42 Å². The summed E-state index contributed by atoms with van der Waals surface area (Å²) in [6.07, 6.45) is 0.591. The van der Waals surface area contributed by atoms with E-state index in [1.54, 1.807) is 0 Å². The number of likely N-dealkylation sites (tertiary alicyclic amines) is 1. The Balaban J connectivity index is 2.33. The molecule has 1 saturated heterocycles. The number of aliphatic hydroxyl groups is 1. The molecular formula is C10H19N3O6S. The first kappa shape index (κ1) is 16.7. The number of sulfonamides is 1. The highest BCUT2D eigenvalue weighted by Crippen LogP contribution is 2.17. The molecule has 0 spiro atoms. The number of nitrogens with one attached hydrogen (secondary N) is 2. The van der Waals surface area contributed by atoms with Gasteiger partial charge in [-0.2, -0.15) is 0 Å². The first-order chi connectivity index (χ1) is 9.20. The minimum Gasteiger partial charge on any atom is -0.480 e. The second-order valence-electron chi connectivity index (χ2n) is 4.65. The summed E-state index contributed by atoms with van der Waals surface area (Å²) >= 11 is 0. The van der Waals surface area contributed by atoms with E-state index < -0.39 is 34.2 Å². The van der Waals surface area contributed by atoms with Gasteiger partial charge in [-0.25, -0.2) is 22.7 Å². The third kappa shape index (κ3) is 5.31. The summed E-state index contributed by atoms with van der Waals surface area (Å²) in [5, 5.41) is 20.8. The number of aliphatic hydroxyl groups excluding tert-OH is 1. The fourth-order valence-corrected chi connectivity index (χ4v) is 2.43. The van der Waals surface area contributed by atoms with Gasteiger partial charge in [0, 0.05) is 26.1 Å². The number of carbonyl (C=O) groups is 2. The number of carbonyl (C=O) groups excluding carboxylic acids is 1. The minimum atomic E-state index is -3.25. The number of aliphatic carboxylic acids is 1. The molecule has 0 aliphatic carbocycles. The van der Waals surface area contributed by atoms with E-state index in [2.05, 4.69) is 10.0 Å². The molecule has 0 aromatic carbocycles. The van der Waals surface area contributed by atoms with Crippen molar-refractivity contribution >= 4 is 22.0 Å². The lowest BCUT2D eigenvalue weighted by molar-refractivity contribution is -0.141. The third-order valence-electron chi connectivity index (χ3n) is 2.82. The molecule has 20 heavy (non-hydrogen) atoms. The molecule has 2 atom stereocenters. The van der Waals surface area contributed by atoms with Crippen molar-refractivity contribution in [3.05, 3.63) is 0 Å². The lowest BCUT2D eigenvalue weighted by Crippen LogP contribution is -2.46. The maximum absolute atomic E-state index is 11.8. The van der Waals surface area contributed by atoms with Crippen molar-refractivity contribution in [2.24, 2.45) is 0 Å². The molecule has 1 rings (SSSR count). The lowest BCUT2D eigenvalue weighted by Gasteiger charge is -2.21. The number of hydrogen-bond acceptors (Lipinski definition) is 5. The summed E-state index contributed by atoms with van der Waals surface area (Å²) in [4.78, 5) is 23.8. The minimum absolute atomic E-state index is 0.0123. The van der Waals surface area contributed by atoms with Crippen LogP contribution in [-0.4, -0.2) is 73.6 Å². The quantitative estimate of drug-likeness (QED) is 0.425. The Morgan fingerprint density at radius 3 is 2.55 bits per heavy atom. The van der Waals surface area contributed by atoms with Crippen LogP contribution in [0, 0.1) is 0 Å². The number of hydrogen-bond donors (Lipinski definition) is 4. The Hall–Kier alpha value is -1.39. The Morgan fingerprint density at radius 1 is 1.35 bits per heavy atom. The van der Waals surface area contributed by atoms with Crippen LogP contribution in [0.15, 0.2) is 0 Å². The second-order valence-corrected chi connectivity index (χ2v) is 6.48. The Bertz CT molecular complexity index is 466. The maximum atomic E-state index is 11.8. The van der Waals surface area contributed by atoms with Crippen LogP contribution in [0.3, 0.4) is 0 Å². The van der Waals surface area contributed by atoms with E-state index in [4.69, 9.17) is 5.11 Å². The molecular weight excluding hydrogens is 290 g/mol. The van der Waals surface area contributed by atoms with Crippen LogP contribution in [-0.2, 0) is 14.8 Å². The Kier molecular flexibility index (Phi) is 5.72. The molecule has 1 aliphatic heterocycles. The molecule has 0 aromatic heterocycles. The fraction of sp³-hybridized carbons (Fsp3) is 0.800. The van der Waals surface area contributed by atoms with Crippen molar-refractivity contribution < 1.29 is 28.2 Å². The van der Waals surface area contributed by atoms with Crippen molar-refractivity contribution in [3.63, 3.8) is 0 Å². The molecule has 0 aromatic rings. The molecule has 0 radical (unpaired) electrons. The number of nitrogens with zero attached hydrogens (tertiary/aromatic N) is 1. The standard InChI is InChI=1S/C10H19N3O6S/c1-20(18,19)12-4-2-3-11-10(17)13-6-7(14)5-8(13)9(15)16/h7-8,12,14H,2-6H2,1H3,(H,11,17)(H,15,16)/t7-,8-/m0/s1. The molecule has 1 fully saturated rings. The molecule has 1 aliphatic rings. The van der Waals surface area contributed by atoms with Crippen LogP contribution in [0.1, 0.15) is 12.8 Å². The van der Waals surface area contributed by atoms with Crippen LogP contribution in [0.4, 0.5) is 4.79 Å². The predicted octanol–water partition coefficient (Wildman–Crippen LogP) is -1.84. The van der Waals surface area contributed by atoms with Crippen molar-refractivity contribution in [3.8, 4) is 0 Å². The van der Waals surface area contributed by atoms with Crippen molar-refractivity contribution in [2.75, 3.05) is 25.9 Å². The van der Waals surface area contributed by atoms with Crippen LogP contribution in [0.5, 0.6) is 0 Å². The van der Waals surface area contributed by atoms with Gasteiger partial charge in [-0.1, -0.05) is 0 Å². The summed E-state index contributed by atoms with van der Waals surface area (Å²) in [6, 6.07) is -1.60. The van der Waals surface area contributed by atoms with Crippen molar-refractivity contribution in [1.29, 1.82) is 0 Å². The zero-order chi connectivity index (χ0) is 15.3. The lowest BCUT2D eigenvalue weighted by atomic mass is 10.2. The summed E-state index contributed by atoms with van der Waals surface area (Å²) in [5.41, 5.74) is 0. The molecule has 1 heterocycles. The highest BCUT2D eigenvalue weighted by molar-refractivity contribution is 7.88. The SMILES string of the molecule is CS(=O)(=O)NCCCNC(=O)N1C[C@@H](O)C[C@H]1C(=O)O. The largest absolute Gasteiger partial charge is 0.480 e. The fourth-order valence-electron chi connectivity index (χ4n) is 1.92. The monoisotopic (exact) mass is 309 g/mol. The second kappa shape index (κ2) is 6.86. The van der Waals surface area contributed by atoms with E-state index in [9.17, 15) is 23.1 Å². The van der Waals surface area contributed by atoms with Crippen LogP contribution in [0.25, 0.3) is 0 Å². The number of amides is 2. The van der Waals surface area contributed by atoms with Gasteiger partial charge in [-0.3, -0.25) is 0 Å². The summed E-state index contributed by atoms with van der Waals surface area (Å²) in [7, 11) is -3.25. The first-order valence-corrected chi connectivity index (χ1v) is 8.00. The molecule has 4 N–H and O–H groups in total. The van der Waals surface area contributed by atoms with Gasteiger partial charge in [0.1, 0.15) is 6.04 Å². The summed E-state index contributed by atoms with van der Waals surface area (Å²) in [6.45, 7) is 0.370. The smallest absolute Gasteiger partial charge is 0.326 e. The van der Waals surface area contributed by atoms with Crippen LogP contribution >= 0.6 is 0 Å². The first-order valence-electron chi connectivity index (χ1n) is 6.10. The normalized spacial score (nSPS) is 22.8. The van der Waals surface area contributed by atoms with Gasteiger partial charge in [0.25, 0.3) is 0 Å². The van der Waals surface area contributed by atoms with Gasteiger partial charge in [-0.15, -0.1) is 0 Å². The van der Waals surface area contributed by atoms with Crippen molar-refractivity contribution in [2.45, 2.75) is 25.0 Å². The van der Waals surface area contributed by atoms with Crippen LogP contribution < -0.4 is 10.0 Å². The van der Waals surface area contributed by atoms with E-state index in [0.717, 1.165) is 11.2 Å². The Labute approximate surface area is 117 Å². The topological polar surface area (TPSA) is 136 Å². The van der Waals surface area contributed by atoms with Gasteiger partial charge < -0.3 is 20.4 Å². The van der Waals surface area contributed by atoms with Gasteiger partial charge in [0.15, 0.2) is 0 Å². The number of carboxylic acids is 1. The number of rotatable bonds is 6. The maximum Gasteiger partial charge on any atom is 0.326 e. The molecule has 0 unspecified atom stereocenters. The molecule has 0 bridgehead atoms. The van der Waals surface area contributed by atoms with E-state index in [-0.39, 0.29) is 26.1 Å². The van der Waals surface area contributed by atoms with E-state index in [0.29, 0.717) is 6.42 Å². The van der Waals surface area contributed by atoms with Gasteiger partial charge in [0.05, 0.1) is 12.4 Å². The van der Waals surface area contributed by atoms with Gasteiger partial charge >= 0.3 is 12.0 Å². The molecule has 2 amide bonds. The summed E-state index contributed by atoms with van der Waals surface area (Å²) < 4.78 is 23.9. The van der Waals surface area contributed by atoms with Gasteiger partial charge in [0.2, 0.25) is 10.0 Å². The highest BCUT2D eigenvalue weighted by Gasteiger charge is 2.38. The van der Waals surface area contributed by atoms with E-state index in [1.807, 2.05) is 0 Å². The third-order valence-corrected chi connectivity index (χ3v) is 3.55. The van der Waals surface area contributed by atoms with E-state index >= 15 is 0 Å². The summed E-state index contributed by atoms with van der Waals surface area (Å²) in [5.74, 6) is -1.16. The predicted molar refractivity (Wildman–Crippen MR) is 69.6 cm³/mol. The zero-order valence-electron chi connectivity index (χ0n) is 11.1. The number of urea groups is 1. The molecule has 10 heteroatoms. The number of β-amino-alcohol motifs (C(OH)–C–C–N with tert-alkyl or cyclic N) is 1. The Morgan fingerprint density at radius 2 is 2.00 bits per heavy atom. The van der Waals surface area contributed by atoms with Crippen molar-refractivity contribution in [1.82, 2.24) is 14.9 Å². The highest BCUT2D eigenvalue weighted by atomic mass is 32.2. The van der Waals surface area contributed by atoms with E-state index in [1.165, 1.54) is 0 Å². The zero-order valence-corrected chi connectivity index (χ0v) is 11.9. The average molecular weight is 309 g/mol. The number of carboxylic acid groups (broad SMARTS) is 1. The average Bonchev–Trinajstić information content (AvgIpc) is 2.69. The van der Waals surface area contributed by atoms with Crippen LogP contribution in [0.2, 0.25) is 0 Å². The molecule has 9 nitrogen and oxygen atoms in total. The molecule has 116 valence electrons.